The molecule has 11 nitrogen and oxygen atoms in total. The first kappa shape index (κ1) is 37.0. The second kappa shape index (κ2) is 14.9. The van der Waals surface area contributed by atoms with E-state index in [2.05, 4.69) is 0 Å². The van der Waals surface area contributed by atoms with Crippen molar-refractivity contribution in [3.63, 3.8) is 0 Å². The Morgan fingerprint density at radius 2 is 1.51 bits per heavy atom. The number of carbonyl (C=O) groups is 1. The van der Waals surface area contributed by atoms with Gasteiger partial charge in [0.1, 0.15) is 38.2 Å². The normalized spacial score (nSPS) is 19.0. The highest BCUT2D eigenvalue weighted by molar-refractivity contribution is 7.90. The Morgan fingerprint density at radius 1 is 0.939 bits per heavy atom. The summed E-state index contributed by atoms with van der Waals surface area (Å²) < 4.78 is 72.3. The minimum Gasteiger partial charge on any atom is -0.493 e. The number of aliphatic imine (C=N–C) groups is 1. The van der Waals surface area contributed by atoms with Crippen LogP contribution >= 0.6 is 23.2 Å². The number of amides is 2. The van der Waals surface area contributed by atoms with Crippen LogP contribution in [-0.4, -0.2) is 113 Å². The van der Waals surface area contributed by atoms with Gasteiger partial charge in [-0.25, -0.2) is 30.3 Å². The molecule has 16 heteroatoms. The number of sulfonamides is 1. The first-order valence-corrected chi connectivity index (χ1v) is 19.8. The average molecular weight is 755 g/mol. The maximum absolute atomic E-state index is 15.5. The Morgan fingerprint density at radius 3 is 2.04 bits per heavy atom. The van der Waals surface area contributed by atoms with Crippen LogP contribution in [0.25, 0.3) is 0 Å². The Balaban J connectivity index is 1.67. The Hall–Kier alpha value is -3.27. The summed E-state index contributed by atoms with van der Waals surface area (Å²) in [6, 6.07) is 14.4. The quantitative estimate of drug-likeness (QED) is 0.283. The van der Waals surface area contributed by atoms with E-state index in [-0.39, 0.29) is 29.5 Å². The van der Waals surface area contributed by atoms with E-state index in [0.717, 1.165) is 15.9 Å². The number of sulfone groups is 1. The summed E-state index contributed by atoms with van der Waals surface area (Å²) in [4.78, 5) is 24.4. The molecule has 0 spiro atoms. The number of hydrogen-bond acceptors (Lipinski definition) is 8. The molecule has 2 aliphatic heterocycles. The van der Waals surface area contributed by atoms with Gasteiger partial charge < -0.3 is 9.64 Å². The first-order chi connectivity index (χ1) is 23.1. The van der Waals surface area contributed by atoms with E-state index in [4.69, 9.17) is 32.9 Å². The van der Waals surface area contributed by atoms with Crippen LogP contribution in [0.5, 0.6) is 5.75 Å². The number of urea groups is 1. The molecule has 0 radical (unpaired) electrons. The summed E-state index contributed by atoms with van der Waals surface area (Å²) in [5.41, 5.74) is 1.55. The molecule has 3 aromatic carbocycles. The third kappa shape index (κ3) is 8.21. The van der Waals surface area contributed by atoms with E-state index < -0.39 is 48.7 Å². The Labute approximate surface area is 296 Å². The van der Waals surface area contributed by atoms with Gasteiger partial charge in [0.15, 0.2) is 0 Å². The number of ether oxygens (including phenoxy) is 1. The van der Waals surface area contributed by atoms with Gasteiger partial charge in [-0.1, -0.05) is 47.5 Å². The van der Waals surface area contributed by atoms with Crippen molar-refractivity contribution >= 4 is 54.9 Å². The zero-order chi connectivity index (χ0) is 35.7. The minimum absolute atomic E-state index is 0.00819. The molecule has 0 aromatic heterocycles. The van der Waals surface area contributed by atoms with Crippen LogP contribution in [0.3, 0.4) is 0 Å². The number of amidine groups is 1. The van der Waals surface area contributed by atoms with Crippen LogP contribution < -0.4 is 4.74 Å². The fourth-order valence-corrected chi connectivity index (χ4v) is 7.65. The molecule has 264 valence electrons. The number of rotatable bonds is 10. The largest absolute Gasteiger partial charge is 0.493 e. The smallest absolute Gasteiger partial charge is 0.326 e. The van der Waals surface area contributed by atoms with Gasteiger partial charge in [0.25, 0.3) is 0 Å². The summed E-state index contributed by atoms with van der Waals surface area (Å²) in [6.45, 7) is 3.67. The van der Waals surface area contributed by atoms with Gasteiger partial charge in [-0.05, 0) is 48.4 Å². The molecule has 0 aliphatic carbocycles. The van der Waals surface area contributed by atoms with Crippen LogP contribution in [0.4, 0.5) is 9.18 Å². The van der Waals surface area contributed by atoms with Gasteiger partial charge in [-0.3, -0.25) is 14.8 Å². The van der Waals surface area contributed by atoms with Gasteiger partial charge in [-0.2, -0.15) is 0 Å². The third-order valence-corrected chi connectivity index (χ3v) is 11.7. The number of hydrogen-bond donors (Lipinski definition) is 0. The molecule has 0 unspecified atom stereocenters. The molecule has 5 rings (SSSR count). The van der Waals surface area contributed by atoms with E-state index >= 15 is 4.39 Å². The standard InChI is InChI=1S/C33H38Cl2FN5O6S2/c1-5-47-28-21-27(36)29(49(45,46)38(2)3)20-26(28)32-37-30(22-6-10-24(34)11-7-22)31(23-8-12-25(35)13-9-23)41(32)33(42)40-16-14-39(15-17-40)18-19-48(4,43)44/h6-13,20-21,30-31H,5,14-19H2,1-4H3/t30-,31+/m0/s1. The van der Waals surface area contributed by atoms with Crippen LogP contribution in [-0.2, 0) is 19.9 Å². The van der Waals surface area contributed by atoms with Gasteiger partial charge in [-0.15, -0.1) is 0 Å². The second-order valence-corrected chi connectivity index (χ2v) is 17.3. The third-order valence-electron chi connectivity index (χ3n) is 8.45. The molecule has 2 amide bonds. The Bertz CT molecular complexity index is 1940. The maximum atomic E-state index is 15.5. The van der Waals surface area contributed by atoms with Crippen molar-refractivity contribution < 1.29 is 30.8 Å². The second-order valence-electron chi connectivity index (χ2n) is 12.1. The van der Waals surface area contributed by atoms with Crippen LogP contribution in [0.15, 0.2) is 70.6 Å². The fraction of sp³-hybridized carbons (Fsp3) is 0.394. The molecule has 0 N–H and O–H groups in total. The van der Waals surface area contributed by atoms with Crippen LogP contribution in [0.2, 0.25) is 10.0 Å². The van der Waals surface area contributed by atoms with Gasteiger partial charge in [0, 0.05) is 69.2 Å². The topological polar surface area (TPSA) is 120 Å². The highest BCUT2D eigenvalue weighted by atomic mass is 35.5. The lowest BCUT2D eigenvalue weighted by Crippen LogP contribution is -2.54. The van der Waals surface area contributed by atoms with Crippen molar-refractivity contribution in [3.8, 4) is 5.75 Å². The van der Waals surface area contributed by atoms with Crippen molar-refractivity contribution in [1.29, 1.82) is 0 Å². The monoisotopic (exact) mass is 753 g/mol. The van der Waals surface area contributed by atoms with E-state index in [1.54, 1.807) is 48.2 Å². The minimum atomic E-state index is -4.26. The van der Waals surface area contributed by atoms with E-state index in [0.29, 0.717) is 48.3 Å². The molecule has 49 heavy (non-hydrogen) atoms. The van der Waals surface area contributed by atoms with Crippen LogP contribution in [0, 0.1) is 5.82 Å². The molecule has 2 aliphatic rings. The average Bonchev–Trinajstić information content (AvgIpc) is 3.44. The number of halogens is 3. The van der Waals surface area contributed by atoms with E-state index in [9.17, 15) is 21.6 Å². The van der Waals surface area contributed by atoms with Crippen molar-refractivity contribution in [1.82, 2.24) is 19.0 Å². The predicted molar refractivity (Wildman–Crippen MR) is 188 cm³/mol. The van der Waals surface area contributed by atoms with Crippen molar-refractivity contribution in [3.05, 3.63) is 93.2 Å². The summed E-state index contributed by atoms with van der Waals surface area (Å²) in [7, 11) is -4.81. The highest BCUT2D eigenvalue weighted by Crippen LogP contribution is 2.46. The zero-order valence-corrected chi connectivity index (χ0v) is 30.7. The summed E-state index contributed by atoms with van der Waals surface area (Å²) in [6.07, 6.45) is 1.19. The highest BCUT2D eigenvalue weighted by Gasteiger charge is 2.45. The molecular formula is C33H38Cl2FN5O6S2. The first-order valence-electron chi connectivity index (χ1n) is 15.6. The summed E-state index contributed by atoms with van der Waals surface area (Å²) in [5.74, 6) is -0.880. The number of carbonyl (C=O) groups excluding carboxylic acids is 1. The molecule has 0 bridgehead atoms. The van der Waals surface area contributed by atoms with Gasteiger partial charge in [0.05, 0.1) is 24.0 Å². The number of nitrogens with zero attached hydrogens (tertiary/aromatic N) is 5. The van der Waals surface area contributed by atoms with Crippen molar-refractivity contribution in [2.24, 2.45) is 4.99 Å². The molecule has 2 atom stereocenters. The maximum Gasteiger partial charge on any atom is 0.326 e. The van der Waals surface area contributed by atoms with E-state index in [1.807, 2.05) is 17.0 Å². The lowest BCUT2D eigenvalue weighted by atomic mass is 9.93. The molecule has 1 saturated heterocycles. The predicted octanol–water partition coefficient (Wildman–Crippen LogP) is 5.11. The SMILES string of the molecule is CCOc1cc(F)c(S(=O)(=O)N(C)C)cc1C1=N[C@@H](c2ccc(Cl)cc2)[C@@H](c2ccc(Cl)cc2)N1C(=O)N1CCN(CCS(C)(=O)=O)CC1. The van der Waals surface area contributed by atoms with Crippen molar-refractivity contribution in [2.75, 3.05) is 65.4 Å². The lowest BCUT2D eigenvalue weighted by molar-refractivity contribution is 0.122. The molecule has 2 heterocycles. The van der Waals surface area contributed by atoms with E-state index in [1.165, 1.54) is 31.3 Å². The Kier molecular flexibility index (Phi) is 11.3. The zero-order valence-electron chi connectivity index (χ0n) is 27.5. The molecule has 0 saturated carbocycles. The lowest BCUT2D eigenvalue weighted by Gasteiger charge is -2.39. The summed E-state index contributed by atoms with van der Waals surface area (Å²) in [5, 5.41) is 0.996. The number of benzene rings is 3. The van der Waals surface area contributed by atoms with Crippen molar-refractivity contribution in [2.45, 2.75) is 23.9 Å². The summed E-state index contributed by atoms with van der Waals surface area (Å²) >= 11 is 12.5. The molecule has 3 aromatic rings. The molecular weight excluding hydrogens is 716 g/mol. The molecule has 1 fully saturated rings. The fourth-order valence-electron chi connectivity index (χ4n) is 5.84. The van der Waals surface area contributed by atoms with Gasteiger partial charge in [0.2, 0.25) is 10.0 Å². The number of piperazine rings is 1. The van der Waals surface area contributed by atoms with Crippen LogP contribution in [0.1, 0.15) is 35.7 Å². The van der Waals surface area contributed by atoms with Gasteiger partial charge >= 0.3 is 6.03 Å².